The van der Waals surface area contributed by atoms with Gasteiger partial charge in [-0.1, -0.05) is 36.8 Å². The molecule has 0 amide bonds. The zero-order valence-electron chi connectivity index (χ0n) is 11.2. The molecule has 0 saturated heterocycles. The van der Waals surface area contributed by atoms with Gasteiger partial charge in [0.15, 0.2) is 0 Å². The molecule has 1 heterocycles. The van der Waals surface area contributed by atoms with Gasteiger partial charge in [-0.05, 0) is 25.8 Å². The fourth-order valence-corrected chi connectivity index (χ4v) is 2.08. The number of hydrogen-bond acceptors (Lipinski definition) is 2. The molecule has 1 unspecified atom stereocenters. The van der Waals surface area contributed by atoms with Crippen LogP contribution in [0.25, 0.3) is 0 Å². The molecule has 1 atom stereocenters. The van der Waals surface area contributed by atoms with Gasteiger partial charge in [0.2, 0.25) is 0 Å². The third kappa shape index (κ3) is 2.46. The van der Waals surface area contributed by atoms with Crippen LogP contribution in [0.4, 0.5) is 0 Å². The fourth-order valence-electron chi connectivity index (χ4n) is 2.08. The van der Waals surface area contributed by atoms with E-state index >= 15 is 0 Å². The molecule has 0 bridgehead atoms. The fraction of sp³-hybridized carbons (Fsp3) is 0.400. The number of aromatic nitrogens is 2. The molecule has 0 aliphatic rings. The second kappa shape index (κ2) is 4.94. The highest BCUT2D eigenvalue weighted by molar-refractivity contribution is 5.34. The lowest BCUT2D eigenvalue weighted by Gasteiger charge is -2.22. The second-order valence-corrected chi connectivity index (χ2v) is 4.93. The van der Waals surface area contributed by atoms with Crippen LogP contribution < -0.4 is 0 Å². The molecule has 0 fully saturated rings. The number of hydrogen-bond donors (Lipinski definition) is 1. The van der Waals surface area contributed by atoms with Gasteiger partial charge < -0.3 is 5.11 Å². The van der Waals surface area contributed by atoms with E-state index in [1.54, 1.807) is 6.20 Å². The van der Waals surface area contributed by atoms with Crippen LogP contribution in [0.2, 0.25) is 0 Å². The highest BCUT2D eigenvalue weighted by atomic mass is 16.3. The summed E-state index contributed by atoms with van der Waals surface area (Å²) in [5.74, 6) is 0. The summed E-state index contributed by atoms with van der Waals surface area (Å²) in [6.45, 7) is 6.83. The summed E-state index contributed by atoms with van der Waals surface area (Å²) in [6, 6.07) is 7.96. The summed E-state index contributed by atoms with van der Waals surface area (Å²) in [4.78, 5) is 0. The minimum atomic E-state index is -0.988. The Morgan fingerprint density at radius 2 is 2.11 bits per heavy atom. The van der Waals surface area contributed by atoms with Gasteiger partial charge >= 0.3 is 0 Å². The smallest absolute Gasteiger partial charge is 0.115 e. The Labute approximate surface area is 108 Å². The van der Waals surface area contributed by atoms with Crippen molar-refractivity contribution in [3.63, 3.8) is 0 Å². The largest absolute Gasteiger partial charge is 0.381 e. The van der Waals surface area contributed by atoms with Crippen LogP contribution in [0.1, 0.15) is 37.0 Å². The van der Waals surface area contributed by atoms with Crippen LogP contribution in [-0.2, 0) is 12.1 Å². The molecule has 2 aromatic rings. The first-order valence-electron chi connectivity index (χ1n) is 6.36. The summed E-state index contributed by atoms with van der Waals surface area (Å²) in [5.41, 5.74) is 1.90. The van der Waals surface area contributed by atoms with Crippen molar-refractivity contribution in [1.82, 2.24) is 9.78 Å². The van der Waals surface area contributed by atoms with Gasteiger partial charge in [0.05, 0.1) is 6.20 Å². The Bertz CT molecular complexity index is 529. The predicted octanol–water partition coefficient (Wildman–Crippen LogP) is 2.86. The average molecular weight is 244 g/mol. The molecule has 0 radical (unpaired) electrons. The minimum absolute atomic E-state index is 0.835. The summed E-state index contributed by atoms with van der Waals surface area (Å²) in [6.07, 6.45) is 4.71. The van der Waals surface area contributed by atoms with E-state index < -0.39 is 5.60 Å². The minimum Gasteiger partial charge on any atom is -0.381 e. The molecular weight excluding hydrogens is 224 g/mol. The van der Waals surface area contributed by atoms with Crippen molar-refractivity contribution in [1.29, 1.82) is 0 Å². The Kier molecular flexibility index (Phi) is 3.53. The Morgan fingerprint density at radius 1 is 1.33 bits per heavy atom. The molecular formula is C15H20N2O. The molecule has 0 aliphatic carbocycles. The van der Waals surface area contributed by atoms with Gasteiger partial charge in [0.1, 0.15) is 5.60 Å². The van der Waals surface area contributed by atoms with Crippen molar-refractivity contribution in [3.8, 4) is 0 Å². The number of aliphatic hydroxyl groups is 1. The van der Waals surface area contributed by atoms with Gasteiger partial charge in [0, 0.05) is 18.3 Å². The van der Waals surface area contributed by atoms with Crippen molar-refractivity contribution in [2.75, 3.05) is 0 Å². The van der Waals surface area contributed by atoms with Gasteiger partial charge in [-0.15, -0.1) is 0 Å². The van der Waals surface area contributed by atoms with Crippen LogP contribution in [0.5, 0.6) is 0 Å². The van der Waals surface area contributed by atoms with Crippen LogP contribution in [0.15, 0.2) is 36.7 Å². The van der Waals surface area contributed by atoms with Gasteiger partial charge in [-0.3, -0.25) is 4.68 Å². The first-order valence-corrected chi connectivity index (χ1v) is 6.36. The summed E-state index contributed by atoms with van der Waals surface area (Å²) < 4.78 is 1.87. The molecule has 1 N–H and O–H groups in total. The van der Waals surface area contributed by atoms with E-state index in [0.717, 1.165) is 29.7 Å². The lowest BCUT2D eigenvalue weighted by atomic mass is 9.89. The van der Waals surface area contributed by atoms with Gasteiger partial charge in [-0.2, -0.15) is 5.10 Å². The standard InChI is InChI=1S/C15H20N2O/c1-4-8-17-11-14(10-16-17)15(3,18)13-7-5-6-12(2)9-13/h5-7,9-11,18H,4,8H2,1-3H3. The quantitative estimate of drug-likeness (QED) is 0.898. The Balaban J connectivity index is 2.34. The SMILES string of the molecule is CCCn1cc(C(C)(O)c2cccc(C)c2)cn1. The molecule has 3 heteroatoms. The normalized spacial score (nSPS) is 14.4. The van der Waals surface area contributed by atoms with Crippen molar-refractivity contribution < 1.29 is 5.11 Å². The first kappa shape index (κ1) is 12.8. The van der Waals surface area contributed by atoms with Crippen LogP contribution >= 0.6 is 0 Å². The summed E-state index contributed by atoms with van der Waals surface area (Å²) in [7, 11) is 0. The Hall–Kier alpha value is -1.61. The first-order chi connectivity index (χ1) is 8.54. The zero-order chi connectivity index (χ0) is 13.2. The molecule has 96 valence electrons. The van der Waals surface area contributed by atoms with E-state index in [9.17, 15) is 5.11 Å². The molecule has 1 aromatic carbocycles. The van der Waals surface area contributed by atoms with Crippen LogP contribution in [-0.4, -0.2) is 14.9 Å². The van der Waals surface area contributed by atoms with E-state index in [4.69, 9.17) is 0 Å². The maximum absolute atomic E-state index is 10.7. The number of benzene rings is 1. The van der Waals surface area contributed by atoms with Crippen molar-refractivity contribution in [2.24, 2.45) is 0 Å². The number of rotatable bonds is 4. The zero-order valence-corrected chi connectivity index (χ0v) is 11.2. The van der Waals surface area contributed by atoms with Crippen molar-refractivity contribution >= 4 is 0 Å². The molecule has 0 spiro atoms. The van der Waals surface area contributed by atoms with Crippen molar-refractivity contribution in [2.45, 2.75) is 39.3 Å². The van der Waals surface area contributed by atoms with Crippen LogP contribution in [0, 0.1) is 6.92 Å². The van der Waals surface area contributed by atoms with E-state index in [0.29, 0.717) is 0 Å². The third-order valence-electron chi connectivity index (χ3n) is 3.23. The van der Waals surface area contributed by atoms with E-state index in [2.05, 4.69) is 12.0 Å². The Morgan fingerprint density at radius 3 is 2.78 bits per heavy atom. The monoisotopic (exact) mass is 244 g/mol. The van der Waals surface area contributed by atoms with E-state index in [-0.39, 0.29) is 0 Å². The molecule has 18 heavy (non-hydrogen) atoms. The maximum Gasteiger partial charge on any atom is 0.115 e. The van der Waals surface area contributed by atoms with E-state index in [1.165, 1.54) is 0 Å². The number of aryl methyl sites for hydroxylation is 2. The second-order valence-electron chi connectivity index (χ2n) is 4.93. The highest BCUT2D eigenvalue weighted by Crippen LogP contribution is 2.29. The van der Waals surface area contributed by atoms with Crippen molar-refractivity contribution in [3.05, 3.63) is 53.3 Å². The number of nitrogens with zero attached hydrogens (tertiary/aromatic N) is 2. The lowest BCUT2D eigenvalue weighted by Crippen LogP contribution is -2.22. The summed E-state index contributed by atoms with van der Waals surface area (Å²) in [5, 5.41) is 15.0. The lowest BCUT2D eigenvalue weighted by molar-refractivity contribution is 0.102. The molecule has 3 nitrogen and oxygen atoms in total. The van der Waals surface area contributed by atoms with Gasteiger partial charge in [0.25, 0.3) is 0 Å². The molecule has 0 saturated carbocycles. The molecule has 0 aliphatic heterocycles. The van der Waals surface area contributed by atoms with Gasteiger partial charge in [-0.25, -0.2) is 0 Å². The van der Waals surface area contributed by atoms with Crippen LogP contribution in [0.3, 0.4) is 0 Å². The average Bonchev–Trinajstić information content (AvgIpc) is 2.79. The van der Waals surface area contributed by atoms with E-state index in [1.807, 2.05) is 49.0 Å². The highest BCUT2D eigenvalue weighted by Gasteiger charge is 2.27. The molecule has 1 aromatic heterocycles. The maximum atomic E-state index is 10.7. The predicted molar refractivity (Wildman–Crippen MR) is 72.4 cm³/mol. The summed E-state index contributed by atoms with van der Waals surface area (Å²) >= 11 is 0. The topological polar surface area (TPSA) is 38.0 Å². The third-order valence-corrected chi connectivity index (χ3v) is 3.23. The molecule has 2 rings (SSSR count).